The van der Waals surface area contributed by atoms with Crippen LogP contribution in [0.15, 0.2) is 386 Å². The van der Waals surface area contributed by atoms with Gasteiger partial charge in [0.05, 0.1) is 22.1 Å². The Morgan fingerprint density at radius 3 is 0.825 bits per heavy atom. The van der Waals surface area contributed by atoms with E-state index in [4.69, 9.17) is 29.9 Å². The second kappa shape index (κ2) is 26.7. The van der Waals surface area contributed by atoms with Crippen molar-refractivity contribution in [1.82, 2.24) is 38.7 Å². The summed E-state index contributed by atoms with van der Waals surface area (Å²) < 4.78 is 3.79. The largest absolute Gasteiger partial charge is 0.275 e. The Bertz CT molecular complexity index is 7690. The summed E-state index contributed by atoms with van der Waals surface area (Å²) in [6, 6.07) is 130. The van der Waals surface area contributed by atoms with Gasteiger partial charge in [-0.1, -0.05) is 279 Å². The van der Waals surface area contributed by atoms with Crippen LogP contribution in [0.2, 0.25) is 0 Å². The van der Waals surface area contributed by atoms with Gasteiger partial charge in [0.1, 0.15) is 0 Å². The maximum Gasteiger partial charge on any atom is 0.263 e. The zero-order chi connectivity index (χ0) is 75.5. The summed E-state index contributed by atoms with van der Waals surface area (Å²) in [4.78, 5) is 61.7. The molecule has 6 aromatic heterocycles. The predicted molar refractivity (Wildman–Crippen MR) is 466 cm³/mol. The van der Waals surface area contributed by atoms with Gasteiger partial charge in [-0.15, -0.1) is 0 Å². The molecular weight excluding hydrogens is 1390 g/mol. The van der Waals surface area contributed by atoms with E-state index >= 15 is 4.79 Å². The third-order valence-electron chi connectivity index (χ3n) is 22.5. The number of pyridine rings is 2. The molecule has 0 aliphatic carbocycles. The van der Waals surface area contributed by atoms with Crippen molar-refractivity contribution in [1.29, 1.82) is 0 Å². The topological polar surface area (TPSA) is 120 Å². The molecule has 0 N–H and O–H groups in total. The Labute approximate surface area is 653 Å². The summed E-state index contributed by atoms with van der Waals surface area (Å²) in [7, 11) is 0. The molecule has 0 bridgehead atoms. The zero-order valence-electron chi connectivity index (χ0n) is 61.2. The highest BCUT2D eigenvalue weighted by molar-refractivity contribution is 6.24. The van der Waals surface area contributed by atoms with E-state index in [1.807, 2.05) is 142 Å². The van der Waals surface area contributed by atoms with Gasteiger partial charge in [-0.2, -0.15) is 0 Å². The minimum absolute atomic E-state index is 0.0770. The molecule has 0 fully saturated rings. The first kappa shape index (κ1) is 65.6. The van der Waals surface area contributed by atoms with Crippen LogP contribution in [0, 0.1) is 0 Å². The summed E-state index contributed by atoms with van der Waals surface area (Å²) in [5.74, 6) is 3.06. The summed E-state index contributed by atoms with van der Waals surface area (Å²) in [6.07, 6.45) is 0. The van der Waals surface area contributed by atoms with Gasteiger partial charge in [-0.25, -0.2) is 29.9 Å². The second-order valence-electron chi connectivity index (χ2n) is 29.2. The third kappa shape index (κ3) is 11.2. The summed E-state index contributed by atoms with van der Waals surface area (Å²) >= 11 is 0. The fourth-order valence-electron chi connectivity index (χ4n) is 16.9. The van der Waals surface area contributed by atoms with E-state index in [2.05, 4.69) is 243 Å². The summed E-state index contributed by atoms with van der Waals surface area (Å²) in [5.41, 5.74) is 23.2. The molecule has 0 unspecified atom stereocenters. The molecule has 114 heavy (non-hydrogen) atoms. The van der Waals surface area contributed by atoms with Gasteiger partial charge in [0.2, 0.25) is 0 Å². The van der Waals surface area contributed by atoms with Crippen molar-refractivity contribution in [3.8, 4) is 146 Å². The number of nitrogens with zero attached hydrogens (tertiary/aromatic N) is 8. The fraction of sp³-hybridized carbons (Fsp3) is 0. The minimum atomic E-state index is -0.110. The Hall–Kier alpha value is -15.5. The molecule has 530 valence electrons. The van der Waals surface area contributed by atoms with E-state index < -0.39 is 0 Å². The SMILES string of the molecule is O=c1c2ccc(-c3ccc(-c4nc(-c5ccccc5)nc(-c5cc6c7ccccc7c(=O)n7c8ccc(-c9nc(-c%10ccccc%10)nc(-c%10ccccc%10)n9)cc8c(c5)c67)n4)cc3)cc2c2cc(-c3cccc(-c4cccc(-c5ccccc5)c4)c3)cc3c4cc(-c5cccc(-c6cccc(-c7ccccc7)c6)c5)ccc4n1c23. The number of benzene rings is 16. The maximum atomic E-state index is 15.6. The van der Waals surface area contributed by atoms with Crippen molar-refractivity contribution in [2.45, 2.75) is 0 Å². The third-order valence-corrected chi connectivity index (χ3v) is 22.5. The lowest BCUT2D eigenvalue weighted by molar-refractivity contribution is 1.07. The highest BCUT2D eigenvalue weighted by Crippen LogP contribution is 2.45. The van der Waals surface area contributed by atoms with Crippen LogP contribution in [0.3, 0.4) is 0 Å². The highest BCUT2D eigenvalue weighted by atomic mass is 16.1. The number of hydrogen-bond donors (Lipinski definition) is 0. The number of rotatable bonds is 13. The molecule has 0 aliphatic heterocycles. The maximum absolute atomic E-state index is 15.6. The molecule has 22 aromatic rings. The van der Waals surface area contributed by atoms with Gasteiger partial charge in [0, 0.05) is 76.5 Å². The monoisotopic (exact) mass is 1450 g/mol. The lowest BCUT2D eigenvalue weighted by atomic mass is 9.93. The lowest BCUT2D eigenvalue weighted by Crippen LogP contribution is -2.13. The first-order valence-corrected chi connectivity index (χ1v) is 38.2. The fourth-order valence-corrected chi connectivity index (χ4v) is 16.9. The Balaban J connectivity index is 0.677. The van der Waals surface area contributed by atoms with Crippen LogP contribution in [0.25, 0.3) is 222 Å². The van der Waals surface area contributed by atoms with Gasteiger partial charge in [0.15, 0.2) is 34.9 Å². The van der Waals surface area contributed by atoms with Crippen LogP contribution in [0.1, 0.15) is 0 Å². The van der Waals surface area contributed by atoms with E-state index in [0.717, 1.165) is 171 Å². The molecule has 22 rings (SSSR count). The number of hydrogen-bond acceptors (Lipinski definition) is 8. The van der Waals surface area contributed by atoms with E-state index in [9.17, 15) is 4.79 Å². The molecule has 0 amide bonds. The van der Waals surface area contributed by atoms with Gasteiger partial charge < -0.3 is 0 Å². The number of fused-ring (bicyclic) bond motifs is 10. The molecule has 0 aliphatic rings. The average molecular weight is 1460 g/mol. The predicted octanol–water partition coefficient (Wildman–Crippen LogP) is 24.7. The molecule has 10 nitrogen and oxygen atoms in total. The van der Waals surface area contributed by atoms with Crippen LogP contribution < -0.4 is 11.1 Å². The minimum Gasteiger partial charge on any atom is -0.275 e. The average Bonchev–Trinajstić information content (AvgIpc) is 1.55. The van der Waals surface area contributed by atoms with Crippen LogP contribution in [-0.4, -0.2) is 38.7 Å². The van der Waals surface area contributed by atoms with Gasteiger partial charge in [-0.05, 0) is 186 Å². The van der Waals surface area contributed by atoms with Crippen LogP contribution in [-0.2, 0) is 0 Å². The van der Waals surface area contributed by atoms with Crippen molar-refractivity contribution in [3.05, 3.63) is 397 Å². The van der Waals surface area contributed by atoms with Crippen molar-refractivity contribution in [2.24, 2.45) is 0 Å². The van der Waals surface area contributed by atoms with Gasteiger partial charge >= 0.3 is 0 Å². The summed E-state index contributed by atoms with van der Waals surface area (Å²) in [5, 5.41) is 8.43. The first-order valence-electron chi connectivity index (χ1n) is 38.2. The Morgan fingerprint density at radius 1 is 0.149 bits per heavy atom. The standard InChI is InChI=1S/C104H62N8O2/c113-103-84-41-17-16-40-83(84)89-61-82(62-92-88-58-80(48-51-94(88)111(103)95(89)92)101-107-97(66-26-10-3-11-27-66)105-98(108-101)67-28-12-4-13-29-67)102-109-99(68-30-14-5-15-31-68)106-100(110-102)69-44-42-65(43-45-69)78-46-49-85-86(56-78)90-59-81(77-39-21-37-75(55-77)73-35-19-33-71(53-73)64-24-8-2-9-25-64)60-91-87-57-79(47-50-93(87)112(96(90)91)104(85)114)76-38-20-36-74(54-76)72-34-18-32-70(52-72)63-22-6-1-7-23-63/h1-62H. The summed E-state index contributed by atoms with van der Waals surface area (Å²) in [6.45, 7) is 0. The van der Waals surface area contributed by atoms with E-state index in [-0.39, 0.29) is 11.1 Å². The molecular formula is C104H62N8O2. The smallest absolute Gasteiger partial charge is 0.263 e. The molecule has 0 radical (unpaired) electrons. The lowest BCUT2D eigenvalue weighted by Gasteiger charge is -2.13. The van der Waals surface area contributed by atoms with E-state index in [0.29, 0.717) is 45.7 Å². The molecule has 0 saturated heterocycles. The second-order valence-corrected chi connectivity index (χ2v) is 29.2. The van der Waals surface area contributed by atoms with Crippen molar-refractivity contribution >= 4 is 75.9 Å². The van der Waals surface area contributed by atoms with Crippen LogP contribution in [0.4, 0.5) is 0 Å². The van der Waals surface area contributed by atoms with Crippen LogP contribution in [0.5, 0.6) is 0 Å². The Morgan fingerprint density at radius 2 is 0.386 bits per heavy atom. The van der Waals surface area contributed by atoms with Crippen LogP contribution >= 0.6 is 0 Å². The van der Waals surface area contributed by atoms with Gasteiger partial charge in [0.25, 0.3) is 11.1 Å². The Kier molecular flexibility index (Phi) is 15.3. The molecule has 0 atom stereocenters. The number of aromatic nitrogens is 8. The van der Waals surface area contributed by atoms with Crippen molar-refractivity contribution < 1.29 is 0 Å². The highest BCUT2D eigenvalue weighted by Gasteiger charge is 2.25. The van der Waals surface area contributed by atoms with Crippen molar-refractivity contribution in [3.63, 3.8) is 0 Å². The molecule has 10 heteroatoms. The zero-order valence-corrected chi connectivity index (χ0v) is 61.2. The van der Waals surface area contributed by atoms with Crippen molar-refractivity contribution in [2.75, 3.05) is 0 Å². The molecule has 16 aromatic carbocycles. The quantitative estimate of drug-likeness (QED) is 0.105. The van der Waals surface area contributed by atoms with E-state index in [1.165, 1.54) is 5.56 Å². The molecule has 0 spiro atoms. The van der Waals surface area contributed by atoms with Gasteiger partial charge in [-0.3, -0.25) is 18.4 Å². The first-order chi connectivity index (χ1) is 56.3. The molecule has 6 heterocycles. The van der Waals surface area contributed by atoms with E-state index in [1.54, 1.807) is 0 Å². The molecule has 0 saturated carbocycles. The normalized spacial score (nSPS) is 11.8.